The zero-order valence-electron chi connectivity index (χ0n) is 15.5. The fourth-order valence-electron chi connectivity index (χ4n) is 3.61. The highest BCUT2D eigenvalue weighted by molar-refractivity contribution is 8.01. The molecule has 2 atom stereocenters. The Morgan fingerprint density at radius 2 is 2.19 bits per heavy atom. The van der Waals surface area contributed by atoms with Crippen molar-refractivity contribution in [2.75, 3.05) is 18.2 Å². The van der Waals surface area contributed by atoms with Crippen LogP contribution in [0.4, 0.5) is 5.00 Å². The van der Waals surface area contributed by atoms with Crippen molar-refractivity contribution in [2.45, 2.75) is 50.9 Å². The predicted octanol–water partition coefficient (Wildman–Crippen LogP) is 3.13. The van der Waals surface area contributed by atoms with Gasteiger partial charge in [-0.3, -0.25) is 9.59 Å². The monoisotopic (exact) mass is 396 g/mol. The summed E-state index contributed by atoms with van der Waals surface area (Å²) in [5.74, 6) is 0.300. The van der Waals surface area contributed by atoms with Crippen molar-refractivity contribution < 1.29 is 19.1 Å². The molecule has 142 valence electrons. The van der Waals surface area contributed by atoms with E-state index in [1.54, 1.807) is 16.7 Å². The van der Waals surface area contributed by atoms with Gasteiger partial charge in [-0.15, -0.1) is 23.1 Å². The first-order valence-corrected chi connectivity index (χ1v) is 10.6. The second-order valence-electron chi connectivity index (χ2n) is 7.31. The minimum atomic E-state index is -0.499. The van der Waals surface area contributed by atoms with E-state index in [2.05, 4.69) is 19.2 Å². The summed E-state index contributed by atoms with van der Waals surface area (Å²) in [6, 6.07) is -0.499. The third-order valence-electron chi connectivity index (χ3n) is 4.87. The number of ether oxygens (including phenoxy) is 1. The van der Waals surface area contributed by atoms with Gasteiger partial charge < -0.3 is 15.0 Å². The van der Waals surface area contributed by atoms with Gasteiger partial charge in [-0.05, 0) is 36.6 Å². The maximum absolute atomic E-state index is 12.9. The van der Waals surface area contributed by atoms with E-state index in [1.807, 2.05) is 12.3 Å². The Morgan fingerprint density at radius 1 is 1.46 bits per heavy atom. The molecule has 1 N–H and O–H groups in total. The van der Waals surface area contributed by atoms with Gasteiger partial charge in [-0.25, -0.2) is 4.79 Å². The summed E-state index contributed by atoms with van der Waals surface area (Å²) in [5, 5.41) is 5.29. The number of hydrogen-bond donors (Lipinski definition) is 1. The molecule has 6 nitrogen and oxygen atoms in total. The van der Waals surface area contributed by atoms with Crippen LogP contribution in [0.1, 0.15) is 49.5 Å². The number of thiophene rings is 1. The van der Waals surface area contributed by atoms with Gasteiger partial charge in [-0.1, -0.05) is 13.8 Å². The average molecular weight is 397 g/mol. The molecule has 0 bridgehead atoms. The Kier molecular flexibility index (Phi) is 5.35. The van der Waals surface area contributed by atoms with Crippen LogP contribution >= 0.6 is 23.1 Å². The highest BCUT2D eigenvalue weighted by atomic mass is 32.2. The number of carbonyl (C=O) groups excluding carboxylic acids is 3. The maximum atomic E-state index is 12.9. The first-order valence-electron chi connectivity index (χ1n) is 8.72. The Labute approximate surface area is 161 Å². The lowest BCUT2D eigenvalue weighted by Gasteiger charge is -2.29. The van der Waals surface area contributed by atoms with E-state index in [4.69, 9.17) is 4.74 Å². The zero-order valence-corrected chi connectivity index (χ0v) is 17.1. The van der Waals surface area contributed by atoms with Crippen molar-refractivity contribution in [3.63, 3.8) is 0 Å². The quantitative estimate of drug-likeness (QED) is 0.774. The normalized spacial score (nSPS) is 24.9. The SMILES string of the molecule is COC(=O)c1c(CC(C)C)csc1NC(=O)C1CSC2(C)CCC(=O)N12. The van der Waals surface area contributed by atoms with E-state index in [-0.39, 0.29) is 16.7 Å². The number of thioether (sulfide) groups is 1. The summed E-state index contributed by atoms with van der Waals surface area (Å²) < 4.78 is 4.91. The molecule has 1 aromatic heterocycles. The average Bonchev–Trinajstić information content (AvgIpc) is 3.21. The van der Waals surface area contributed by atoms with Crippen LogP contribution in [0.25, 0.3) is 0 Å². The van der Waals surface area contributed by atoms with Crippen molar-refractivity contribution in [1.82, 2.24) is 4.90 Å². The fourth-order valence-corrected chi connectivity index (χ4v) is 6.01. The summed E-state index contributed by atoms with van der Waals surface area (Å²) in [6.07, 6.45) is 1.99. The van der Waals surface area contributed by atoms with Gasteiger partial charge in [0.05, 0.1) is 17.5 Å². The van der Waals surface area contributed by atoms with E-state index < -0.39 is 12.0 Å². The number of carbonyl (C=O) groups is 3. The molecule has 8 heteroatoms. The molecule has 0 radical (unpaired) electrons. The van der Waals surface area contributed by atoms with E-state index in [1.165, 1.54) is 18.4 Å². The molecule has 0 aromatic carbocycles. The zero-order chi connectivity index (χ0) is 19.1. The predicted molar refractivity (Wildman–Crippen MR) is 104 cm³/mol. The molecule has 2 aliphatic heterocycles. The smallest absolute Gasteiger partial charge is 0.341 e. The van der Waals surface area contributed by atoms with Gasteiger partial charge in [0.25, 0.3) is 0 Å². The van der Waals surface area contributed by atoms with Crippen LogP contribution in [0.3, 0.4) is 0 Å². The van der Waals surface area contributed by atoms with Crippen LogP contribution in [-0.4, -0.2) is 46.5 Å². The van der Waals surface area contributed by atoms with Crippen molar-refractivity contribution in [2.24, 2.45) is 5.92 Å². The number of nitrogens with zero attached hydrogens (tertiary/aromatic N) is 1. The molecule has 2 aliphatic rings. The van der Waals surface area contributed by atoms with Gasteiger partial charge in [0, 0.05) is 12.2 Å². The maximum Gasteiger partial charge on any atom is 0.341 e. The van der Waals surface area contributed by atoms with Gasteiger partial charge in [0.2, 0.25) is 11.8 Å². The lowest BCUT2D eigenvalue weighted by atomic mass is 10.0. The molecule has 26 heavy (non-hydrogen) atoms. The molecule has 2 saturated heterocycles. The lowest BCUT2D eigenvalue weighted by Crippen LogP contribution is -2.48. The molecule has 2 amide bonds. The van der Waals surface area contributed by atoms with Gasteiger partial charge >= 0.3 is 5.97 Å². The van der Waals surface area contributed by atoms with E-state index in [0.717, 1.165) is 18.4 Å². The molecule has 1 aromatic rings. The molecular formula is C18H24N2O4S2. The number of nitrogens with one attached hydrogen (secondary N) is 1. The summed E-state index contributed by atoms with van der Waals surface area (Å²) in [5.41, 5.74) is 1.32. The Balaban J connectivity index is 1.82. The Morgan fingerprint density at radius 3 is 2.85 bits per heavy atom. The Bertz CT molecular complexity index is 746. The number of fused-ring (bicyclic) bond motifs is 1. The van der Waals surface area contributed by atoms with Crippen molar-refractivity contribution >= 4 is 45.9 Å². The minimum absolute atomic E-state index is 0.0255. The number of amides is 2. The number of esters is 1. The largest absolute Gasteiger partial charge is 0.465 e. The third kappa shape index (κ3) is 3.36. The molecule has 0 spiro atoms. The summed E-state index contributed by atoms with van der Waals surface area (Å²) >= 11 is 2.98. The van der Waals surface area contributed by atoms with Crippen LogP contribution in [0.15, 0.2) is 5.38 Å². The van der Waals surface area contributed by atoms with Crippen LogP contribution in [0, 0.1) is 5.92 Å². The third-order valence-corrected chi connectivity index (χ3v) is 7.32. The highest BCUT2D eigenvalue weighted by Gasteiger charge is 2.53. The van der Waals surface area contributed by atoms with Crippen LogP contribution in [0.5, 0.6) is 0 Å². The van der Waals surface area contributed by atoms with Gasteiger partial charge in [0.1, 0.15) is 11.0 Å². The number of anilines is 1. The number of methoxy groups -OCH3 is 1. The molecule has 3 heterocycles. The number of hydrogen-bond acceptors (Lipinski definition) is 6. The van der Waals surface area contributed by atoms with Gasteiger partial charge in [-0.2, -0.15) is 0 Å². The molecular weight excluding hydrogens is 372 g/mol. The second-order valence-corrected chi connectivity index (χ2v) is 9.69. The summed E-state index contributed by atoms with van der Waals surface area (Å²) in [4.78, 5) is 38.8. The molecule has 0 saturated carbocycles. The van der Waals surface area contributed by atoms with Gasteiger partial charge in [0.15, 0.2) is 0 Å². The van der Waals surface area contributed by atoms with Crippen LogP contribution in [-0.2, 0) is 20.7 Å². The fraction of sp³-hybridized carbons (Fsp3) is 0.611. The van der Waals surface area contributed by atoms with E-state index >= 15 is 0 Å². The van der Waals surface area contributed by atoms with E-state index in [0.29, 0.717) is 28.7 Å². The highest BCUT2D eigenvalue weighted by Crippen LogP contribution is 2.47. The molecule has 0 aliphatic carbocycles. The first-order chi connectivity index (χ1) is 12.3. The lowest BCUT2D eigenvalue weighted by molar-refractivity contribution is -0.135. The summed E-state index contributed by atoms with van der Waals surface area (Å²) in [6.45, 7) is 6.17. The molecule has 3 rings (SSSR count). The van der Waals surface area contributed by atoms with Crippen LogP contribution in [0.2, 0.25) is 0 Å². The topological polar surface area (TPSA) is 75.7 Å². The number of rotatable bonds is 5. The van der Waals surface area contributed by atoms with E-state index in [9.17, 15) is 14.4 Å². The standard InChI is InChI=1S/C18H24N2O4S2/c1-10(2)7-11-8-25-16(14(11)17(23)24-4)19-15(22)12-9-26-18(3)6-5-13(21)20(12)18/h8,10,12H,5-7,9H2,1-4H3,(H,19,22). The van der Waals surface area contributed by atoms with Crippen molar-refractivity contribution in [1.29, 1.82) is 0 Å². The van der Waals surface area contributed by atoms with Crippen LogP contribution < -0.4 is 5.32 Å². The van der Waals surface area contributed by atoms with Crippen molar-refractivity contribution in [3.05, 3.63) is 16.5 Å². The van der Waals surface area contributed by atoms with Crippen molar-refractivity contribution in [3.8, 4) is 0 Å². The minimum Gasteiger partial charge on any atom is -0.465 e. The first kappa shape index (κ1) is 19.2. The second kappa shape index (κ2) is 7.23. The molecule has 2 unspecified atom stereocenters. The summed E-state index contributed by atoms with van der Waals surface area (Å²) in [7, 11) is 1.34. The Hall–Kier alpha value is -1.54. The molecule has 2 fully saturated rings.